The van der Waals surface area contributed by atoms with Crippen LogP contribution in [0.4, 0.5) is 0 Å². The number of aryl methyl sites for hydroxylation is 5. The number of nitrogens with zero attached hydrogens (tertiary/aromatic N) is 4. The lowest BCUT2D eigenvalue weighted by Crippen LogP contribution is -1.98. The molecule has 1 aliphatic carbocycles. The molecule has 0 aliphatic heterocycles. The number of aromatic nitrogens is 4. The third kappa shape index (κ3) is 12.3. The molecule has 1 aliphatic rings. The number of para-hydroxylation sites is 10. The molecule has 0 amide bonds. The summed E-state index contributed by atoms with van der Waals surface area (Å²) < 4.78 is 27.9. The second-order valence-electron chi connectivity index (χ2n) is 32.1. The van der Waals surface area contributed by atoms with Crippen molar-refractivity contribution in [2.45, 2.75) is 33.6 Å². The van der Waals surface area contributed by atoms with E-state index in [4.69, 9.17) is 13.3 Å². The molecule has 576 valence electrons. The Hall–Kier alpha value is -15.4. The minimum atomic E-state index is 0.378. The van der Waals surface area contributed by atoms with E-state index in [-0.39, 0.29) is 0 Å². The fraction of sp³-hybridized carbons (Fsp3) is 0.0526. The summed E-state index contributed by atoms with van der Waals surface area (Å²) in [6, 6.07) is 142. The molecule has 0 saturated heterocycles. The highest BCUT2D eigenvalue weighted by Crippen LogP contribution is 2.49. The molecule has 25 aromatic rings. The summed E-state index contributed by atoms with van der Waals surface area (Å²) >= 11 is 0. The average molecular weight is 1560 g/mol. The van der Waals surface area contributed by atoms with Gasteiger partial charge in [-0.1, -0.05) is 301 Å². The van der Waals surface area contributed by atoms with Gasteiger partial charge in [-0.2, -0.15) is 0 Å². The van der Waals surface area contributed by atoms with Gasteiger partial charge in [0.25, 0.3) is 0 Å². The van der Waals surface area contributed by atoms with Gasteiger partial charge in [0.05, 0.1) is 38.8 Å². The van der Waals surface area contributed by atoms with Crippen molar-refractivity contribution in [1.82, 2.24) is 18.3 Å². The monoisotopic (exact) mass is 1550 g/mol. The average Bonchev–Trinajstić information content (AvgIpc) is 1.58. The first-order valence-corrected chi connectivity index (χ1v) is 41.6. The molecule has 18 aromatic carbocycles. The molecular weight excluding hydrogens is 1470 g/mol. The van der Waals surface area contributed by atoms with Crippen LogP contribution < -0.4 is 0 Å². The van der Waals surface area contributed by atoms with E-state index < -0.39 is 0 Å². The highest BCUT2D eigenvalue weighted by Gasteiger charge is 2.30. The van der Waals surface area contributed by atoms with Crippen LogP contribution in [0.25, 0.3) is 192 Å². The van der Waals surface area contributed by atoms with E-state index in [1.165, 1.54) is 137 Å². The summed E-state index contributed by atoms with van der Waals surface area (Å²) in [5.41, 5.74) is 33.4. The Labute approximate surface area is 699 Å². The molecule has 7 aromatic heterocycles. The van der Waals surface area contributed by atoms with E-state index in [0.717, 1.165) is 94.0 Å². The standard InChI is InChI=1S/C31H21NO.2C25H17NO.C20H16.C13H11N/c1-20-13-18-29-27(19-20)24-7-2-4-11-28(24)32(29)22-16-14-21(15-17-22)23-9-6-10-26-25-8-3-5-12-30(25)33-31(23)26;1-16-13-14-22-20(15-16)17-7-2-4-10-21(17)26(22)23-11-6-9-19-18-8-3-5-12-24(18)27-25(19)23;1-16-10-12-23-20(14-16)18-6-2-4-8-22(18)26(23)17-11-13-25-21(15-17)19-7-3-5-9-24(19)27-25;1-14-11-12-18-19(13-14)16-9-5-6-10-17(16)20(18)15-7-3-2-4-8-15;1-14-12-8-4-2-6-10(12)11-7-3-5-9-13(11)14/h2-19H,1H3;2*2-15H,1H3;2-13,20H,1H3;2-9H,1H3. The molecule has 7 nitrogen and oxygen atoms in total. The van der Waals surface area contributed by atoms with Crippen molar-refractivity contribution in [3.8, 4) is 39.3 Å². The highest BCUT2D eigenvalue weighted by atomic mass is 16.3. The Morgan fingerprint density at radius 2 is 0.587 bits per heavy atom. The maximum atomic E-state index is 6.31. The summed E-state index contributed by atoms with van der Waals surface area (Å²) in [7, 11) is 2.12. The van der Waals surface area contributed by atoms with Crippen molar-refractivity contribution >= 4 is 153 Å². The van der Waals surface area contributed by atoms with Gasteiger partial charge in [-0.3, -0.25) is 0 Å². The first-order chi connectivity index (χ1) is 59.6. The summed E-state index contributed by atoms with van der Waals surface area (Å²) in [4.78, 5) is 0. The van der Waals surface area contributed by atoms with Crippen molar-refractivity contribution in [3.63, 3.8) is 0 Å². The van der Waals surface area contributed by atoms with Gasteiger partial charge < -0.3 is 31.5 Å². The fourth-order valence-corrected chi connectivity index (χ4v) is 19.0. The van der Waals surface area contributed by atoms with Crippen LogP contribution in [0.1, 0.15) is 44.9 Å². The maximum Gasteiger partial charge on any atom is 0.159 e. The Kier molecular flexibility index (Phi) is 17.6. The van der Waals surface area contributed by atoms with Crippen LogP contribution in [-0.4, -0.2) is 18.3 Å². The molecular formula is C114H82N4O3. The third-order valence-electron chi connectivity index (χ3n) is 24.6. The number of hydrogen-bond acceptors (Lipinski definition) is 3. The summed E-state index contributed by atoms with van der Waals surface area (Å²) in [6.45, 7) is 8.61. The van der Waals surface area contributed by atoms with Crippen LogP contribution in [0, 0.1) is 27.7 Å². The first-order valence-electron chi connectivity index (χ1n) is 41.6. The normalized spacial score (nSPS) is 12.4. The number of fused-ring (bicyclic) bond motifs is 24. The molecule has 7 heteroatoms. The Balaban J connectivity index is 0.0000000927. The van der Waals surface area contributed by atoms with E-state index in [1.54, 1.807) is 0 Å². The Morgan fingerprint density at radius 3 is 1.16 bits per heavy atom. The molecule has 121 heavy (non-hydrogen) atoms. The van der Waals surface area contributed by atoms with Gasteiger partial charge in [0.1, 0.15) is 27.9 Å². The van der Waals surface area contributed by atoms with E-state index in [0.29, 0.717) is 5.92 Å². The highest BCUT2D eigenvalue weighted by molar-refractivity contribution is 6.16. The van der Waals surface area contributed by atoms with E-state index >= 15 is 0 Å². The summed E-state index contributed by atoms with van der Waals surface area (Å²) in [5, 5.41) is 17.3. The topological polar surface area (TPSA) is 59.1 Å². The van der Waals surface area contributed by atoms with Crippen LogP contribution in [0.2, 0.25) is 0 Å². The minimum absolute atomic E-state index is 0.378. The van der Waals surface area contributed by atoms with E-state index in [2.05, 4.69) is 417 Å². The zero-order chi connectivity index (χ0) is 80.9. The Bertz CT molecular complexity index is 8300. The lowest BCUT2D eigenvalue weighted by Gasteiger charge is -2.14. The molecule has 0 bridgehead atoms. The smallest absolute Gasteiger partial charge is 0.159 e. The van der Waals surface area contributed by atoms with E-state index in [1.807, 2.05) is 36.4 Å². The van der Waals surface area contributed by atoms with Gasteiger partial charge in [-0.25, -0.2) is 0 Å². The molecule has 0 fully saturated rings. The molecule has 0 radical (unpaired) electrons. The van der Waals surface area contributed by atoms with Crippen LogP contribution >= 0.6 is 0 Å². The predicted molar refractivity (Wildman–Crippen MR) is 508 cm³/mol. The molecule has 26 rings (SSSR count). The van der Waals surface area contributed by atoms with Crippen molar-refractivity contribution < 1.29 is 13.3 Å². The first kappa shape index (κ1) is 72.1. The largest absolute Gasteiger partial charge is 0.456 e. The van der Waals surface area contributed by atoms with E-state index in [9.17, 15) is 0 Å². The van der Waals surface area contributed by atoms with Crippen LogP contribution in [0.15, 0.2) is 414 Å². The van der Waals surface area contributed by atoms with Gasteiger partial charge in [0.15, 0.2) is 5.58 Å². The van der Waals surface area contributed by atoms with Crippen LogP contribution in [0.3, 0.4) is 0 Å². The number of furan rings is 3. The summed E-state index contributed by atoms with van der Waals surface area (Å²) in [5.74, 6) is 0.378. The molecule has 0 N–H and O–H groups in total. The summed E-state index contributed by atoms with van der Waals surface area (Å²) in [6.07, 6.45) is 0. The lowest BCUT2D eigenvalue weighted by atomic mass is 9.89. The second kappa shape index (κ2) is 29.6. The van der Waals surface area contributed by atoms with Crippen molar-refractivity contribution in [2.75, 3.05) is 0 Å². The SMILES string of the molecule is Cc1ccc2c(c1)-c1ccccc1C2c1ccccc1.Cc1ccc2c(c1)c1ccccc1n2-c1ccc(-c2cccc3c2oc2ccccc23)cc1.Cc1ccc2c(c1)c1ccccc1n2-c1ccc2oc3ccccc3c2c1.Cc1ccc2c(c1)c1ccccc1n2-c1cccc2c1oc1ccccc12.Cn1c2ccccc2c2ccccc21. The van der Waals surface area contributed by atoms with Crippen molar-refractivity contribution in [2.24, 2.45) is 7.05 Å². The zero-order valence-electron chi connectivity index (χ0n) is 67.7. The number of hydrogen-bond donors (Lipinski definition) is 0. The molecule has 1 atom stereocenters. The quantitative estimate of drug-likeness (QED) is 0.173. The molecule has 0 saturated carbocycles. The van der Waals surface area contributed by atoms with Gasteiger partial charge in [-0.05, 0) is 182 Å². The van der Waals surface area contributed by atoms with Gasteiger partial charge in [0, 0.05) is 116 Å². The van der Waals surface area contributed by atoms with Gasteiger partial charge in [-0.15, -0.1) is 0 Å². The van der Waals surface area contributed by atoms with Crippen molar-refractivity contribution in [1.29, 1.82) is 0 Å². The maximum absolute atomic E-state index is 6.31. The Morgan fingerprint density at radius 1 is 0.215 bits per heavy atom. The van der Waals surface area contributed by atoms with Crippen molar-refractivity contribution in [3.05, 3.63) is 439 Å². The molecule has 1 unspecified atom stereocenters. The zero-order valence-corrected chi connectivity index (χ0v) is 67.7. The van der Waals surface area contributed by atoms with Crippen LogP contribution in [-0.2, 0) is 7.05 Å². The van der Waals surface area contributed by atoms with Crippen LogP contribution in [0.5, 0.6) is 0 Å². The predicted octanol–water partition coefficient (Wildman–Crippen LogP) is 31.1. The molecule has 7 heterocycles. The van der Waals surface area contributed by atoms with Gasteiger partial charge in [0.2, 0.25) is 0 Å². The third-order valence-corrected chi connectivity index (χ3v) is 24.6. The van der Waals surface area contributed by atoms with Gasteiger partial charge >= 0.3 is 0 Å². The molecule has 0 spiro atoms. The second-order valence-corrected chi connectivity index (χ2v) is 32.1. The minimum Gasteiger partial charge on any atom is -0.456 e. The number of benzene rings is 18. The lowest BCUT2D eigenvalue weighted by molar-refractivity contribution is 0.666. The number of rotatable bonds is 5. The fourth-order valence-electron chi connectivity index (χ4n) is 19.0.